The fraction of sp³-hybridized carbons (Fsp3) is 0.667. The molecule has 0 unspecified atom stereocenters. The molecule has 1 aromatic rings. The van der Waals surface area contributed by atoms with E-state index in [9.17, 15) is 4.79 Å². The Morgan fingerprint density at radius 1 is 1.67 bits per heavy atom. The first-order valence-electron chi connectivity index (χ1n) is 4.93. The van der Waals surface area contributed by atoms with Crippen molar-refractivity contribution >= 4 is 5.91 Å². The van der Waals surface area contributed by atoms with Crippen molar-refractivity contribution in [2.75, 3.05) is 7.11 Å². The van der Waals surface area contributed by atoms with Gasteiger partial charge in [0.1, 0.15) is 0 Å². The zero-order valence-corrected chi connectivity index (χ0v) is 8.64. The topological polar surface area (TPSA) is 83.0 Å². The molecule has 2 rings (SSSR count). The van der Waals surface area contributed by atoms with E-state index >= 15 is 0 Å². The van der Waals surface area contributed by atoms with E-state index in [1.54, 1.807) is 11.8 Å². The Hall–Kier alpha value is -1.43. The molecule has 0 aromatic carbocycles. The van der Waals surface area contributed by atoms with Crippen molar-refractivity contribution in [3.8, 4) is 0 Å². The van der Waals surface area contributed by atoms with Gasteiger partial charge in [-0.3, -0.25) is 4.79 Å². The third-order valence-electron chi connectivity index (χ3n) is 2.48. The second-order valence-electron chi connectivity index (χ2n) is 3.81. The Morgan fingerprint density at radius 2 is 2.40 bits per heavy atom. The molecule has 1 saturated carbocycles. The quantitative estimate of drug-likeness (QED) is 0.737. The molecule has 82 valence electrons. The average Bonchev–Trinajstić information content (AvgIpc) is 2.90. The second kappa shape index (κ2) is 3.98. The molecular weight excluding hydrogens is 196 g/mol. The number of hydrogen-bond donors (Lipinski definition) is 1. The molecule has 0 radical (unpaired) electrons. The summed E-state index contributed by atoms with van der Waals surface area (Å²) in [6.45, 7) is 1.12. The standard InChI is InChI=1S/C9H14N4O2/c1-15-5-7-8(9(10)14)11-12-13(7)4-6-2-3-6/h6H,2-5H2,1H3,(H2,10,14). The first kappa shape index (κ1) is 10.1. The van der Waals surface area contributed by atoms with Crippen LogP contribution in [0.25, 0.3) is 0 Å². The first-order valence-corrected chi connectivity index (χ1v) is 4.93. The summed E-state index contributed by atoms with van der Waals surface area (Å²) in [6, 6.07) is 0. The van der Waals surface area contributed by atoms with Gasteiger partial charge in [0.25, 0.3) is 5.91 Å². The lowest BCUT2D eigenvalue weighted by Crippen LogP contribution is -2.16. The van der Waals surface area contributed by atoms with Crippen molar-refractivity contribution in [3.05, 3.63) is 11.4 Å². The van der Waals surface area contributed by atoms with E-state index in [0.29, 0.717) is 18.2 Å². The number of nitrogens with two attached hydrogens (primary N) is 1. The van der Waals surface area contributed by atoms with E-state index in [-0.39, 0.29) is 5.69 Å². The maximum Gasteiger partial charge on any atom is 0.271 e. The highest BCUT2D eigenvalue weighted by molar-refractivity contribution is 5.91. The van der Waals surface area contributed by atoms with Gasteiger partial charge in [-0.15, -0.1) is 5.10 Å². The lowest BCUT2D eigenvalue weighted by Gasteiger charge is -2.04. The van der Waals surface area contributed by atoms with Gasteiger partial charge in [-0.05, 0) is 18.8 Å². The minimum Gasteiger partial charge on any atom is -0.378 e. The average molecular weight is 210 g/mol. The van der Waals surface area contributed by atoms with E-state index in [2.05, 4.69) is 10.3 Å². The van der Waals surface area contributed by atoms with Gasteiger partial charge in [0.05, 0.1) is 12.3 Å². The Balaban J connectivity index is 2.23. The van der Waals surface area contributed by atoms with Gasteiger partial charge < -0.3 is 10.5 Å². The van der Waals surface area contributed by atoms with E-state index in [1.807, 2.05) is 0 Å². The Morgan fingerprint density at radius 3 is 2.93 bits per heavy atom. The van der Waals surface area contributed by atoms with Gasteiger partial charge in [0, 0.05) is 13.7 Å². The summed E-state index contributed by atoms with van der Waals surface area (Å²) in [5.41, 5.74) is 6.09. The van der Waals surface area contributed by atoms with Crippen LogP contribution in [0.5, 0.6) is 0 Å². The molecular formula is C9H14N4O2. The second-order valence-corrected chi connectivity index (χ2v) is 3.81. The molecule has 1 fully saturated rings. The third-order valence-corrected chi connectivity index (χ3v) is 2.48. The zero-order valence-electron chi connectivity index (χ0n) is 8.64. The Bertz CT molecular complexity index is 370. The number of nitrogens with zero attached hydrogens (tertiary/aromatic N) is 3. The number of hydrogen-bond acceptors (Lipinski definition) is 4. The molecule has 15 heavy (non-hydrogen) atoms. The SMILES string of the molecule is COCc1c(C(N)=O)nnn1CC1CC1. The predicted molar refractivity (Wildman–Crippen MR) is 52.0 cm³/mol. The van der Waals surface area contributed by atoms with Crippen LogP contribution >= 0.6 is 0 Å². The van der Waals surface area contributed by atoms with Crippen LogP contribution in [0.1, 0.15) is 29.0 Å². The summed E-state index contributed by atoms with van der Waals surface area (Å²) in [5.74, 6) is 0.118. The summed E-state index contributed by atoms with van der Waals surface area (Å²) >= 11 is 0. The highest BCUT2D eigenvalue weighted by Gasteiger charge is 2.25. The minimum absolute atomic E-state index is 0.220. The van der Waals surface area contributed by atoms with Crippen LogP contribution in [0.3, 0.4) is 0 Å². The number of aromatic nitrogens is 3. The molecule has 6 nitrogen and oxygen atoms in total. The minimum atomic E-state index is -0.552. The summed E-state index contributed by atoms with van der Waals surface area (Å²) in [6.07, 6.45) is 2.44. The van der Waals surface area contributed by atoms with Crippen LogP contribution < -0.4 is 5.73 Å². The molecule has 0 atom stereocenters. The highest BCUT2D eigenvalue weighted by Crippen LogP contribution is 2.30. The van der Waals surface area contributed by atoms with E-state index in [1.165, 1.54) is 12.8 Å². The van der Waals surface area contributed by atoms with Gasteiger partial charge >= 0.3 is 0 Å². The third kappa shape index (κ3) is 2.15. The van der Waals surface area contributed by atoms with Crippen LogP contribution in [0.4, 0.5) is 0 Å². The van der Waals surface area contributed by atoms with E-state index < -0.39 is 5.91 Å². The van der Waals surface area contributed by atoms with Crippen molar-refractivity contribution in [3.63, 3.8) is 0 Å². The molecule has 6 heteroatoms. The Labute approximate surface area is 87.4 Å². The maximum absolute atomic E-state index is 11.1. The van der Waals surface area contributed by atoms with Gasteiger partial charge in [-0.25, -0.2) is 4.68 Å². The predicted octanol–water partition coefficient (Wildman–Crippen LogP) is -0.0666. The number of methoxy groups -OCH3 is 1. The van der Waals surface area contributed by atoms with E-state index in [4.69, 9.17) is 10.5 Å². The van der Waals surface area contributed by atoms with Gasteiger partial charge in [-0.1, -0.05) is 5.21 Å². The van der Waals surface area contributed by atoms with Crippen molar-refractivity contribution in [2.45, 2.75) is 26.0 Å². The van der Waals surface area contributed by atoms with Crippen molar-refractivity contribution in [2.24, 2.45) is 11.7 Å². The smallest absolute Gasteiger partial charge is 0.271 e. The van der Waals surface area contributed by atoms with Crippen LogP contribution in [0.15, 0.2) is 0 Å². The number of primary amides is 1. The maximum atomic E-state index is 11.1. The summed E-state index contributed by atoms with van der Waals surface area (Å²) in [4.78, 5) is 11.1. The highest BCUT2D eigenvalue weighted by atomic mass is 16.5. The zero-order chi connectivity index (χ0) is 10.8. The summed E-state index contributed by atoms with van der Waals surface area (Å²) in [5, 5.41) is 7.70. The molecule has 0 spiro atoms. The number of carbonyl (C=O) groups is 1. The van der Waals surface area contributed by atoms with Crippen molar-refractivity contribution in [1.29, 1.82) is 0 Å². The Kier molecular flexibility index (Phi) is 2.68. The van der Waals surface area contributed by atoms with Gasteiger partial charge in [0.15, 0.2) is 5.69 Å². The first-order chi connectivity index (χ1) is 7.22. The lowest BCUT2D eigenvalue weighted by atomic mass is 10.3. The molecule has 1 aromatic heterocycles. The number of carbonyl (C=O) groups excluding carboxylic acids is 1. The van der Waals surface area contributed by atoms with Gasteiger partial charge in [0.2, 0.25) is 0 Å². The van der Waals surface area contributed by atoms with Crippen LogP contribution in [0, 0.1) is 5.92 Å². The molecule has 0 bridgehead atoms. The molecule has 1 aliphatic rings. The number of ether oxygens (including phenoxy) is 1. The molecule has 1 heterocycles. The summed E-state index contributed by atoms with van der Waals surface area (Å²) in [7, 11) is 1.57. The molecule has 1 aliphatic carbocycles. The van der Waals surface area contributed by atoms with Crippen LogP contribution in [-0.4, -0.2) is 28.0 Å². The monoisotopic (exact) mass is 210 g/mol. The molecule has 0 aliphatic heterocycles. The normalized spacial score (nSPS) is 15.5. The van der Waals surface area contributed by atoms with E-state index in [0.717, 1.165) is 6.54 Å². The van der Waals surface area contributed by atoms with Crippen molar-refractivity contribution < 1.29 is 9.53 Å². The lowest BCUT2D eigenvalue weighted by molar-refractivity contribution is 0.0989. The number of amides is 1. The van der Waals surface area contributed by atoms with Crippen molar-refractivity contribution in [1.82, 2.24) is 15.0 Å². The summed E-state index contributed by atoms with van der Waals surface area (Å²) < 4.78 is 6.73. The molecule has 1 amide bonds. The van der Waals surface area contributed by atoms with Gasteiger partial charge in [-0.2, -0.15) is 0 Å². The fourth-order valence-electron chi connectivity index (χ4n) is 1.50. The van der Waals surface area contributed by atoms with Crippen LogP contribution in [0.2, 0.25) is 0 Å². The van der Waals surface area contributed by atoms with Crippen LogP contribution in [-0.2, 0) is 17.9 Å². The molecule has 0 saturated heterocycles. The fourth-order valence-corrected chi connectivity index (χ4v) is 1.50. The molecule has 2 N–H and O–H groups in total. The largest absolute Gasteiger partial charge is 0.378 e. The number of rotatable bonds is 5.